The van der Waals surface area contributed by atoms with Crippen molar-refractivity contribution >= 4 is 22.2 Å². The van der Waals surface area contributed by atoms with Crippen molar-refractivity contribution in [3.8, 4) is 0 Å². The van der Waals surface area contributed by atoms with Gasteiger partial charge in [-0.1, -0.05) is 16.6 Å². The van der Waals surface area contributed by atoms with E-state index in [2.05, 4.69) is 39.6 Å². The molecule has 4 nitrogen and oxygen atoms in total. The molecular formula is C11H14N4S. The number of aromatic nitrogens is 2. The fourth-order valence-corrected chi connectivity index (χ4v) is 1.94. The lowest BCUT2D eigenvalue weighted by Gasteiger charge is -2.18. The minimum absolute atomic E-state index is 0.686. The molecular weight excluding hydrogens is 220 g/mol. The maximum absolute atomic E-state index is 5.76. The Morgan fingerprint density at radius 3 is 2.88 bits per heavy atom. The van der Waals surface area contributed by atoms with E-state index in [1.54, 1.807) is 0 Å². The molecule has 5 heteroatoms. The van der Waals surface area contributed by atoms with E-state index in [9.17, 15) is 0 Å². The van der Waals surface area contributed by atoms with Gasteiger partial charge < -0.3 is 10.6 Å². The number of aryl methyl sites for hydroxylation is 1. The third-order valence-corrected chi connectivity index (χ3v) is 3.01. The monoisotopic (exact) mass is 234 g/mol. The van der Waals surface area contributed by atoms with Gasteiger partial charge in [0.25, 0.3) is 0 Å². The summed E-state index contributed by atoms with van der Waals surface area (Å²) < 4.78 is 3.83. The molecule has 2 N–H and O–H groups in total. The molecule has 2 rings (SSSR count). The van der Waals surface area contributed by atoms with Crippen LogP contribution in [0.3, 0.4) is 0 Å². The summed E-state index contributed by atoms with van der Waals surface area (Å²) in [5.74, 6) is 0. The summed E-state index contributed by atoms with van der Waals surface area (Å²) in [6.45, 7) is 2.77. The average molecular weight is 234 g/mol. The van der Waals surface area contributed by atoms with Crippen LogP contribution in [0.5, 0.6) is 0 Å². The molecule has 0 aliphatic heterocycles. The molecule has 1 aromatic carbocycles. The van der Waals surface area contributed by atoms with Gasteiger partial charge in [-0.25, -0.2) is 0 Å². The second-order valence-electron chi connectivity index (χ2n) is 3.78. The van der Waals surface area contributed by atoms with Crippen molar-refractivity contribution in [2.45, 2.75) is 13.5 Å². The normalized spacial score (nSPS) is 10.4. The lowest BCUT2D eigenvalue weighted by molar-refractivity contribution is 0.874. The molecule has 0 aliphatic rings. The number of benzene rings is 1. The third kappa shape index (κ3) is 2.30. The van der Waals surface area contributed by atoms with Gasteiger partial charge in [0.1, 0.15) is 10.7 Å². The SMILES string of the molecule is Cc1cccc(N(C)Cc2nnsc2N)c1. The predicted molar refractivity (Wildman–Crippen MR) is 67.6 cm³/mol. The van der Waals surface area contributed by atoms with Crippen molar-refractivity contribution in [3.05, 3.63) is 35.5 Å². The molecule has 0 spiro atoms. The quantitative estimate of drug-likeness (QED) is 0.883. The summed E-state index contributed by atoms with van der Waals surface area (Å²) in [4.78, 5) is 2.11. The minimum atomic E-state index is 0.686. The van der Waals surface area contributed by atoms with Gasteiger partial charge in [0.2, 0.25) is 0 Å². The van der Waals surface area contributed by atoms with Crippen molar-refractivity contribution in [3.63, 3.8) is 0 Å². The highest BCUT2D eigenvalue weighted by Crippen LogP contribution is 2.19. The van der Waals surface area contributed by atoms with Crippen LogP contribution in [0, 0.1) is 6.92 Å². The van der Waals surface area contributed by atoms with Crippen molar-refractivity contribution in [2.24, 2.45) is 0 Å². The molecule has 0 aliphatic carbocycles. The average Bonchev–Trinajstić information content (AvgIpc) is 2.64. The van der Waals surface area contributed by atoms with Crippen molar-refractivity contribution in [1.82, 2.24) is 9.59 Å². The van der Waals surface area contributed by atoms with Crippen molar-refractivity contribution in [1.29, 1.82) is 0 Å². The van der Waals surface area contributed by atoms with Gasteiger partial charge in [0.05, 0.1) is 6.54 Å². The summed E-state index contributed by atoms with van der Waals surface area (Å²) in [5, 5.41) is 4.70. The summed E-state index contributed by atoms with van der Waals surface area (Å²) >= 11 is 1.23. The summed E-state index contributed by atoms with van der Waals surface area (Å²) in [5.41, 5.74) is 9.01. The summed E-state index contributed by atoms with van der Waals surface area (Å²) in [6, 6.07) is 8.33. The second kappa shape index (κ2) is 4.49. The Labute approximate surface area is 98.9 Å². The summed E-state index contributed by atoms with van der Waals surface area (Å²) in [6.07, 6.45) is 0. The zero-order valence-electron chi connectivity index (χ0n) is 9.34. The number of hydrogen-bond acceptors (Lipinski definition) is 5. The molecule has 0 fully saturated rings. The van der Waals surface area contributed by atoms with E-state index in [1.807, 2.05) is 13.1 Å². The maximum Gasteiger partial charge on any atom is 0.132 e. The molecule has 2 aromatic rings. The van der Waals surface area contributed by atoms with Gasteiger partial charge in [-0.15, -0.1) is 5.10 Å². The molecule has 0 atom stereocenters. The van der Waals surface area contributed by atoms with E-state index in [4.69, 9.17) is 5.73 Å². The Hall–Kier alpha value is -1.62. The maximum atomic E-state index is 5.76. The van der Waals surface area contributed by atoms with E-state index in [1.165, 1.54) is 17.1 Å². The van der Waals surface area contributed by atoms with Crippen LogP contribution in [0.1, 0.15) is 11.3 Å². The topological polar surface area (TPSA) is 55.0 Å². The number of anilines is 2. The van der Waals surface area contributed by atoms with Crippen LogP contribution in [-0.2, 0) is 6.54 Å². The van der Waals surface area contributed by atoms with Crippen molar-refractivity contribution in [2.75, 3.05) is 17.7 Å². The Balaban J connectivity index is 2.14. The third-order valence-electron chi connectivity index (χ3n) is 2.41. The number of nitrogens with two attached hydrogens (primary N) is 1. The van der Waals surface area contributed by atoms with Gasteiger partial charge in [-0.05, 0) is 24.6 Å². The van der Waals surface area contributed by atoms with E-state index in [0.29, 0.717) is 11.5 Å². The van der Waals surface area contributed by atoms with E-state index < -0.39 is 0 Å². The molecule has 0 saturated heterocycles. The van der Waals surface area contributed by atoms with Crippen molar-refractivity contribution < 1.29 is 0 Å². The molecule has 84 valence electrons. The zero-order valence-corrected chi connectivity index (χ0v) is 10.2. The number of nitrogens with zero attached hydrogens (tertiary/aromatic N) is 3. The Morgan fingerprint density at radius 1 is 1.44 bits per heavy atom. The van der Waals surface area contributed by atoms with Crippen LogP contribution in [0.2, 0.25) is 0 Å². The van der Waals surface area contributed by atoms with Crippen LogP contribution < -0.4 is 10.6 Å². The molecule has 16 heavy (non-hydrogen) atoms. The second-order valence-corrected chi connectivity index (χ2v) is 4.56. The largest absolute Gasteiger partial charge is 0.388 e. The van der Waals surface area contributed by atoms with Crippen LogP contribution >= 0.6 is 11.5 Å². The van der Waals surface area contributed by atoms with Gasteiger partial charge in [-0.2, -0.15) is 0 Å². The molecule has 0 unspecified atom stereocenters. The first-order valence-corrected chi connectivity index (χ1v) is 5.78. The van der Waals surface area contributed by atoms with Gasteiger partial charge in [0, 0.05) is 24.3 Å². The molecule has 1 aromatic heterocycles. The zero-order chi connectivity index (χ0) is 11.5. The predicted octanol–water partition coefficient (Wildman–Crippen LogP) is 2.07. The number of rotatable bonds is 3. The molecule has 0 radical (unpaired) electrons. The minimum Gasteiger partial charge on any atom is -0.388 e. The van der Waals surface area contributed by atoms with Gasteiger partial charge in [0.15, 0.2) is 0 Å². The van der Waals surface area contributed by atoms with Gasteiger partial charge >= 0.3 is 0 Å². The van der Waals surface area contributed by atoms with Gasteiger partial charge in [-0.3, -0.25) is 0 Å². The first kappa shape index (κ1) is 10.9. The first-order valence-electron chi connectivity index (χ1n) is 5.01. The number of nitrogen functional groups attached to an aromatic ring is 1. The highest BCUT2D eigenvalue weighted by atomic mass is 32.1. The standard InChI is InChI=1S/C11H14N4S/c1-8-4-3-5-9(6-8)15(2)7-10-11(12)16-14-13-10/h3-6H,7,12H2,1-2H3. The summed E-state index contributed by atoms with van der Waals surface area (Å²) in [7, 11) is 2.02. The van der Waals surface area contributed by atoms with Crippen LogP contribution in [0.25, 0.3) is 0 Å². The highest BCUT2D eigenvalue weighted by Gasteiger charge is 2.08. The highest BCUT2D eigenvalue weighted by molar-refractivity contribution is 7.09. The molecule has 0 bridgehead atoms. The fraction of sp³-hybridized carbons (Fsp3) is 0.273. The molecule has 0 saturated carbocycles. The fourth-order valence-electron chi connectivity index (χ4n) is 1.51. The number of hydrogen-bond donors (Lipinski definition) is 1. The lowest BCUT2D eigenvalue weighted by Crippen LogP contribution is -2.17. The van der Waals surface area contributed by atoms with E-state index in [-0.39, 0.29) is 0 Å². The molecule has 0 amide bonds. The van der Waals surface area contributed by atoms with E-state index >= 15 is 0 Å². The Kier molecular flexibility index (Phi) is 3.05. The first-order chi connectivity index (χ1) is 7.66. The molecule has 1 heterocycles. The lowest BCUT2D eigenvalue weighted by atomic mass is 10.2. The Morgan fingerprint density at radius 2 is 2.25 bits per heavy atom. The smallest absolute Gasteiger partial charge is 0.132 e. The Bertz CT molecular complexity index is 480. The van der Waals surface area contributed by atoms with E-state index in [0.717, 1.165) is 11.4 Å². The van der Waals surface area contributed by atoms with Crippen LogP contribution in [0.4, 0.5) is 10.7 Å². The van der Waals surface area contributed by atoms with Crippen LogP contribution in [-0.4, -0.2) is 16.6 Å². The van der Waals surface area contributed by atoms with Crippen LogP contribution in [0.15, 0.2) is 24.3 Å².